The predicted molar refractivity (Wildman–Crippen MR) is 79.1 cm³/mol. The number of carbonyl (C=O) groups excluding carboxylic acids is 2. The third kappa shape index (κ3) is 4.21. The molecule has 1 aromatic carbocycles. The van der Waals surface area contributed by atoms with E-state index in [4.69, 9.17) is 14.2 Å². The molecular formula is C16H21NO5. The van der Waals surface area contributed by atoms with Crippen molar-refractivity contribution in [3.05, 3.63) is 29.8 Å². The highest BCUT2D eigenvalue weighted by molar-refractivity contribution is 5.82. The lowest BCUT2D eigenvalue weighted by Gasteiger charge is -2.38. The molecule has 120 valence electrons. The fraction of sp³-hybridized carbons (Fsp3) is 0.500. The summed E-state index contributed by atoms with van der Waals surface area (Å²) < 4.78 is 15.7. The average molecular weight is 307 g/mol. The van der Waals surface area contributed by atoms with E-state index in [1.165, 1.54) is 0 Å². The van der Waals surface area contributed by atoms with Gasteiger partial charge in [-0.3, -0.25) is 9.59 Å². The lowest BCUT2D eigenvalue weighted by Crippen LogP contribution is -2.54. The van der Waals surface area contributed by atoms with Crippen molar-refractivity contribution in [2.75, 3.05) is 13.7 Å². The van der Waals surface area contributed by atoms with Crippen molar-refractivity contribution in [1.29, 1.82) is 0 Å². The largest absolute Gasteiger partial charge is 0.497 e. The lowest BCUT2D eigenvalue weighted by atomic mass is 10.1. The second-order valence-electron chi connectivity index (χ2n) is 5.24. The number of nitrogens with zero attached hydrogens (tertiary/aromatic N) is 1. The third-order valence-corrected chi connectivity index (χ3v) is 3.70. The van der Waals surface area contributed by atoms with Crippen LogP contribution in [0.4, 0.5) is 0 Å². The first-order chi connectivity index (χ1) is 10.6. The molecule has 0 spiro atoms. The highest BCUT2D eigenvalue weighted by Crippen LogP contribution is 2.21. The molecule has 1 aromatic rings. The van der Waals surface area contributed by atoms with Crippen molar-refractivity contribution < 1.29 is 23.8 Å². The minimum absolute atomic E-state index is 0.00684. The smallest absolute Gasteiger partial charge is 0.295 e. The summed E-state index contributed by atoms with van der Waals surface area (Å²) in [5.41, 5.74) is 1.06. The van der Waals surface area contributed by atoms with E-state index in [0.717, 1.165) is 11.3 Å². The highest BCUT2D eigenvalue weighted by atomic mass is 16.5. The number of hydrogen-bond donors (Lipinski definition) is 0. The molecule has 1 unspecified atom stereocenters. The van der Waals surface area contributed by atoms with Crippen LogP contribution in [0.2, 0.25) is 0 Å². The molecule has 1 fully saturated rings. The fourth-order valence-corrected chi connectivity index (χ4v) is 2.24. The van der Waals surface area contributed by atoms with Crippen LogP contribution in [0.15, 0.2) is 24.3 Å². The second kappa shape index (κ2) is 7.79. The number of carbonyl (C=O) groups is 2. The van der Waals surface area contributed by atoms with Crippen LogP contribution in [0.3, 0.4) is 0 Å². The van der Waals surface area contributed by atoms with Crippen molar-refractivity contribution in [1.82, 2.24) is 4.90 Å². The zero-order valence-electron chi connectivity index (χ0n) is 12.9. The van der Waals surface area contributed by atoms with E-state index in [9.17, 15) is 9.59 Å². The number of benzene rings is 1. The van der Waals surface area contributed by atoms with Gasteiger partial charge in [0.15, 0.2) is 6.23 Å². The molecule has 0 bridgehead atoms. The van der Waals surface area contributed by atoms with Gasteiger partial charge < -0.3 is 19.1 Å². The first kappa shape index (κ1) is 16.3. The van der Waals surface area contributed by atoms with Crippen LogP contribution in [0.5, 0.6) is 5.75 Å². The van der Waals surface area contributed by atoms with E-state index >= 15 is 0 Å². The van der Waals surface area contributed by atoms with Crippen molar-refractivity contribution >= 4 is 12.4 Å². The molecule has 2 atom stereocenters. The quantitative estimate of drug-likeness (QED) is 0.513. The van der Waals surface area contributed by atoms with Crippen molar-refractivity contribution in [2.24, 2.45) is 0 Å². The molecule has 6 heteroatoms. The van der Waals surface area contributed by atoms with E-state index in [-0.39, 0.29) is 18.4 Å². The molecule has 2 rings (SSSR count). The van der Waals surface area contributed by atoms with Crippen LogP contribution in [-0.2, 0) is 25.7 Å². The van der Waals surface area contributed by atoms with E-state index in [0.29, 0.717) is 26.0 Å². The molecule has 0 aromatic heterocycles. The summed E-state index contributed by atoms with van der Waals surface area (Å²) in [6.07, 6.45) is 0.576. The standard InChI is InChI=1S/C16H21NO5/c1-12(7-8-17-15(19)9-16(17)22-11-18)21-10-13-3-5-14(20-2)6-4-13/h3-6,11-12,16H,7-10H2,1-2H3/t12-,16?/m0/s1. The molecule has 1 aliphatic heterocycles. The van der Waals surface area contributed by atoms with Crippen LogP contribution >= 0.6 is 0 Å². The number of rotatable bonds is 9. The minimum atomic E-state index is -0.404. The Bertz CT molecular complexity index is 500. The van der Waals surface area contributed by atoms with Crippen LogP contribution in [0, 0.1) is 0 Å². The van der Waals surface area contributed by atoms with E-state index < -0.39 is 6.23 Å². The SMILES string of the molecule is COc1ccc(CO[C@@H](C)CCN2C(=O)CC2OC=O)cc1. The molecular weight excluding hydrogens is 286 g/mol. The Morgan fingerprint density at radius 3 is 2.68 bits per heavy atom. The Kier molecular flexibility index (Phi) is 5.77. The van der Waals surface area contributed by atoms with E-state index in [2.05, 4.69) is 0 Å². The second-order valence-corrected chi connectivity index (χ2v) is 5.24. The van der Waals surface area contributed by atoms with Gasteiger partial charge in [0, 0.05) is 6.54 Å². The number of likely N-dealkylation sites (tertiary alicyclic amines) is 1. The zero-order chi connectivity index (χ0) is 15.9. The predicted octanol–water partition coefficient (Wildman–Crippen LogP) is 1.72. The minimum Gasteiger partial charge on any atom is -0.497 e. The summed E-state index contributed by atoms with van der Waals surface area (Å²) in [6, 6.07) is 7.70. The molecule has 0 radical (unpaired) electrons. The molecule has 1 heterocycles. The first-order valence-corrected chi connectivity index (χ1v) is 7.27. The summed E-state index contributed by atoms with van der Waals surface area (Å²) in [4.78, 5) is 23.3. The molecule has 1 aliphatic rings. The Labute approximate surface area is 129 Å². The summed E-state index contributed by atoms with van der Waals surface area (Å²) in [5.74, 6) is 0.823. The molecule has 1 saturated heterocycles. The van der Waals surface area contributed by atoms with Crippen LogP contribution < -0.4 is 4.74 Å². The highest BCUT2D eigenvalue weighted by Gasteiger charge is 2.37. The number of ether oxygens (including phenoxy) is 3. The zero-order valence-corrected chi connectivity index (χ0v) is 12.9. The molecule has 0 aliphatic carbocycles. The van der Waals surface area contributed by atoms with Crippen LogP contribution in [0.1, 0.15) is 25.3 Å². The van der Waals surface area contributed by atoms with Gasteiger partial charge in [-0.05, 0) is 31.0 Å². The van der Waals surface area contributed by atoms with Gasteiger partial charge in [0.2, 0.25) is 5.91 Å². The Balaban J connectivity index is 1.70. The van der Waals surface area contributed by atoms with Crippen molar-refractivity contribution in [3.63, 3.8) is 0 Å². The van der Waals surface area contributed by atoms with Gasteiger partial charge in [0.1, 0.15) is 5.75 Å². The van der Waals surface area contributed by atoms with Crippen LogP contribution in [-0.4, -0.2) is 43.3 Å². The van der Waals surface area contributed by atoms with Crippen LogP contribution in [0.25, 0.3) is 0 Å². The van der Waals surface area contributed by atoms with Gasteiger partial charge in [-0.25, -0.2) is 0 Å². The molecule has 0 N–H and O–H groups in total. The number of β-lactam (4-membered cyclic amide) rings is 1. The van der Waals surface area contributed by atoms with Gasteiger partial charge in [-0.2, -0.15) is 0 Å². The molecule has 1 amide bonds. The van der Waals surface area contributed by atoms with Gasteiger partial charge >= 0.3 is 0 Å². The van der Waals surface area contributed by atoms with Gasteiger partial charge in [0.05, 0.1) is 26.2 Å². The van der Waals surface area contributed by atoms with Crippen molar-refractivity contribution in [2.45, 2.75) is 38.7 Å². The lowest BCUT2D eigenvalue weighted by molar-refractivity contribution is -0.176. The Morgan fingerprint density at radius 1 is 1.36 bits per heavy atom. The van der Waals surface area contributed by atoms with E-state index in [1.54, 1.807) is 12.0 Å². The summed E-state index contributed by atoms with van der Waals surface area (Å²) in [6.45, 7) is 3.38. The number of methoxy groups -OCH3 is 1. The molecule has 22 heavy (non-hydrogen) atoms. The summed E-state index contributed by atoms with van der Waals surface area (Å²) in [7, 11) is 1.63. The monoisotopic (exact) mass is 307 g/mol. The number of amides is 1. The Morgan fingerprint density at radius 2 is 2.09 bits per heavy atom. The Hall–Kier alpha value is -2.08. The molecule has 6 nitrogen and oxygen atoms in total. The summed E-state index contributed by atoms with van der Waals surface area (Å²) in [5, 5.41) is 0. The number of hydrogen-bond acceptors (Lipinski definition) is 5. The van der Waals surface area contributed by atoms with Crippen molar-refractivity contribution in [3.8, 4) is 5.75 Å². The van der Waals surface area contributed by atoms with E-state index in [1.807, 2.05) is 31.2 Å². The maximum absolute atomic E-state index is 11.4. The maximum atomic E-state index is 11.4. The fourth-order valence-electron chi connectivity index (χ4n) is 2.24. The topological polar surface area (TPSA) is 65.1 Å². The maximum Gasteiger partial charge on any atom is 0.295 e. The normalized spacial score (nSPS) is 18.5. The first-order valence-electron chi connectivity index (χ1n) is 7.27. The van der Waals surface area contributed by atoms with Gasteiger partial charge in [-0.15, -0.1) is 0 Å². The third-order valence-electron chi connectivity index (χ3n) is 3.70. The molecule has 0 saturated carbocycles. The summed E-state index contributed by atoms with van der Waals surface area (Å²) >= 11 is 0. The average Bonchev–Trinajstić information content (AvgIpc) is 2.53. The van der Waals surface area contributed by atoms with Gasteiger partial charge in [-0.1, -0.05) is 12.1 Å². The van der Waals surface area contributed by atoms with Gasteiger partial charge in [0.25, 0.3) is 6.47 Å².